The van der Waals surface area contributed by atoms with Crippen molar-refractivity contribution in [3.05, 3.63) is 34.9 Å². The van der Waals surface area contributed by atoms with Crippen LogP contribution in [0.2, 0.25) is 0 Å². The minimum absolute atomic E-state index is 0.171. The Hall–Kier alpha value is -1.35. The molecule has 0 spiro atoms. The number of hydrogen-bond acceptors (Lipinski definition) is 3. The zero-order valence-corrected chi connectivity index (χ0v) is 10.8. The van der Waals surface area contributed by atoms with Crippen LogP contribution in [0.3, 0.4) is 0 Å². The second-order valence-corrected chi connectivity index (χ2v) is 4.40. The Bertz CT molecular complexity index is 388. The first-order valence-electron chi connectivity index (χ1n) is 6.00. The number of ether oxygens (including phenoxy) is 1. The summed E-state index contributed by atoms with van der Waals surface area (Å²) in [5, 5.41) is 0. The normalized spacial score (nSPS) is 12.2. The molecule has 0 saturated carbocycles. The number of aryl methyl sites for hydroxylation is 2. The van der Waals surface area contributed by atoms with Crippen LogP contribution in [0.4, 0.5) is 0 Å². The van der Waals surface area contributed by atoms with Crippen molar-refractivity contribution in [3.63, 3.8) is 0 Å². The second kappa shape index (κ2) is 6.40. The molecule has 3 nitrogen and oxygen atoms in total. The molecule has 0 fully saturated rings. The van der Waals surface area contributed by atoms with Crippen LogP contribution in [0.5, 0.6) is 0 Å². The average Bonchev–Trinajstić information content (AvgIpc) is 2.22. The summed E-state index contributed by atoms with van der Waals surface area (Å²) in [6.07, 6.45) is 0.992. The van der Waals surface area contributed by atoms with Gasteiger partial charge in [0, 0.05) is 6.04 Å². The highest BCUT2D eigenvalue weighted by Crippen LogP contribution is 2.13. The van der Waals surface area contributed by atoms with Crippen molar-refractivity contribution in [1.82, 2.24) is 0 Å². The van der Waals surface area contributed by atoms with Crippen molar-refractivity contribution in [3.8, 4) is 0 Å². The van der Waals surface area contributed by atoms with Crippen LogP contribution in [-0.4, -0.2) is 18.6 Å². The molecule has 17 heavy (non-hydrogen) atoms. The summed E-state index contributed by atoms with van der Waals surface area (Å²) in [5.74, 6) is -0.218. The number of benzene rings is 1. The highest BCUT2D eigenvalue weighted by atomic mass is 16.5. The molecule has 94 valence electrons. The summed E-state index contributed by atoms with van der Waals surface area (Å²) < 4.78 is 4.88. The Balaban J connectivity index is 2.55. The number of carbonyl (C=O) groups excluding carboxylic acids is 1. The van der Waals surface area contributed by atoms with Crippen molar-refractivity contribution in [2.24, 2.45) is 5.73 Å². The van der Waals surface area contributed by atoms with Crippen LogP contribution in [0, 0.1) is 13.8 Å². The first-order chi connectivity index (χ1) is 8.02. The van der Waals surface area contributed by atoms with E-state index in [1.54, 1.807) is 6.92 Å². The molecule has 1 aromatic rings. The van der Waals surface area contributed by atoms with Gasteiger partial charge < -0.3 is 10.5 Å². The molecular formula is C14H21NO2. The molecule has 0 aromatic heterocycles. The van der Waals surface area contributed by atoms with Crippen LogP contribution in [0.25, 0.3) is 0 Å². The number of esters is 1. The molecule has 0 aliphatic carbocycles. The van der Waals surface area contributed by atoms with Gasteiger partial charge in [0.1, 0.15) is 0 Å². The van der Waals surface area contributed by atoms with Crippen molar-refractivity contribution in [1.29, 1.82) is 0 Å². The van der Waals surface area contributed by atoms with Gasteiger partial charge in [0.05, 0.1) is 13.0 Å². The molecule has 0 amide bonds. The fourth-order valence-corrected chi connectivity index (χ4v) is 1.86. The van der Waals surface area contributed by atoms with E-state index in [0.717, 1.165) is 0 Å². The number of nitrogens with two attached hydrogens (primary N) is 1. The molecule has 0 aliphatic heterocycles. The summed E-state index contributed by atoms with van der Waals surface area (Å²) in [4.78, 5) is 11.3. The zero-order valence-electron chi connectivity index (χ0n) is 10.8. The van der Waals surface area contributed by atoms with Gasteiger partial charge >= 0.3 is 5.97 Å². The Morgan fingerprint density at radius 2 is 2.12 bits per heavy atom. The molecule has 0 saturated heterocycles. The van der Waals surface area contributed by atoms with Crippen molar-refractivity contribution in [2.75, 3.05) is 6.61 Å². The van der Waals surface area contributed by atoms with E-state index in [-0.39, 0.29) is 18.4 Å². The van der Waals surface area contributed by atoms with E-state index >= 15 is 0 Å². The third-order valence-corrected chi connectivity index (χ3v) is 2.71. The van der Waals surface area contributed by atoms with Gasteiger partial charge in [-0.25, -0.2) is 0 Å². The fraction of sp³-hybridized carbons (Fsp3) is 0.500. The van der Waals surface area contributed by atoms with Gasteiger partial charge in [-0.2, -0.15) is 0 Å². The predicted octanol–water partition coefficient (Wildman–Crippen LogP) is 2.13. The van der Waals surface area contributed by atoms with Gasteiger partial charge in [-0.15, -0.1) is 0 Å². The molecule has 0 heterocycles. The largest absolute Gasteiger partial charge is 0.466 e. The first kappa shape index (κ1) is 13.7. The van der Waals surface area contributed by atoms with Crippen LogP contribution < -0.4 is 5.73 Å². The van der Waals surface area contributed by atoms with Crippen molar-refractivity contribution in [2.45, 2.75) is 39.7 Å². The molecule has 0 bridgehead atoms. The monoisotopic (exact) mass is 235 g/mol. The lowest BCUT2D eigenvalue weighted by Crippen LogP contribution is -2.27. The van der Waals surface area contributed by atoms with E-state index in [1.165, 1.54) is 16.7 Å². The molecular weight excluding hydrogens is 214 g/mol. The number of hydrogen-bond donors (Lipinski definition) is 1. The third kappa shape index (κ3) is 4.57. The standard InChI is InChI=1S/C14H21NO2/c1-4-17-14(16)9-13(15)8-12-6-5-10(2)7-11(12)3/h5-7,13H,4,8-9,15H2,1-3H3. The lowest BCUT2D eigenvalue weighted by atomic mass is 9.98. The van der Waals surface area contributed by atoms with Gasteiger partial charge in [-0.3, -0.25) is 4.79 Å². The maximum atomic E-state index is 11.3. The Kier molecular flexibility index (Phi) is 5.16. The molecule has 0 aliphatic rings. The molecule has 1 rings (SSSR count). The summed E-state index contributed by atoms with van der Waals surface area (Å²) >= 11 is 0. The number of carbonyl (C=O) groups is 1. The number of rotatable bonds is 5. The summed E-state index contributed by atoms with van der Waals surface area (Å²) in [5.41, 5.74) is 9.61. The Morgan fingerprint density at radius 1 is 1.41 bits per heavy atom. The van der Waals surface area contributed by atoms with Crippen LogP contribution in [0.15, 0.2) is 18.2 Å². The summed E-state index contributed by atoms with van der Waals surface area (Å²) in [6, 6.07) is 6.11. The SMILES string of the molecule is CCOC(=O)CC(N)Cc1ccc(C)cc1C. The van der Waals surface area contributed by atoms with E-state index in [4.69, 9.17) is 10.5 Å². The summed E-state index contributed by atoms with van der Waals surface area (Å²) in [7, 11) is 0. The maximum absolute atomic E-state index is 11.3. The smallest absolute Gasteiger partial charge is 0.307 e. The molecule has 3 heteroatoms. The van der Waals surface area contributed by atoms with E-state index in [2.05, 4.69) is 32.0 Å². The Morgan fingerprint density at radius 3 is 2.71 bits per heavy atom. The lowest BCUT2D eigenvalue weighted by Gasteiger charge is -2.13. The average molecular weight is 235 g/mol. The van der Waals surface area contributed by atoms with Gasteiger partial charge in [0.15, 0.2) is 0 Å². The van der Waals surface area contributed by atoms with Crippen molar-refractivity contribution >= 4 is 5.97 Å². The quantitative estimate of drug-likeness (QED) is 0.795. The molecule has 2 N–H and O–H groups in total. The predicted molar refractivity (Wildman–Crippen MR) is 68.8 cm³/mol. The van der Waals surface area contributed by atoms with E-state index < -0.39 is 0 Å². The van der Waals surface area contributed by atoms with Gasteiger partial charge in [0.2, 0.25) is 0 Å². The van der Waals surface area contributed by atoms with Crippen LogP contribution in [0.1, 0.15) is 30.0 Å². The molecule has 1 atom stereocenters. The zero-order chi connectivity index (χ0) is 12.8. The van der Waals surface area contributed by atoms with Crippen molar-refractivity contribution < 1.29 is 9.53 Å². The lowest BCUT2D eigenvalue weighted by molar-refractivity contribution is -0.143. The van der Waals surface area contributed by atoms with Gasteiger partial charge in [0.25, 0.3) is 0 Å². The Labute approximate surface area is 103 Å². The van der Waals surface area contributed by atoms with E-state index in [0.29, 0.717) is 13.0 Å². The first-order valence-corrected chi connectivity index (χ1v) is 6.00. The third-order valence-electron chi connectivity index (χ3n) is 2.71. The highest BCUT2D eigenvalue weighted by Gasteiger charge is 2.12. The second-order valence-electron chi connectivity index (χ2n) is 4.40. The minimum Gasteiger partial charge on any atom is -0.466 e. The van der Waals surface area contributed by atoms with Crippen LogP contribution >= 0.6 is 0 Å². The molecule has 1 aromatic carbocycles. The van der Waals surface area contributed by atoms with Gasteiger partial charge in [-0.1, -0.05) is 23.8 Å². The summed E-state index contributed by atoms with van der Waals surface area (Å²) in [6.45, 7) is 6.34. The maximum Gasteiger partial charge on any atom is 0.307 e. The topological polar surface area (TPSA) is 52.3 Å². The minimum atomic E-state index is -0.218. The molecule has 1 unspecified atom stereocenters. The van der Waals surface area contributed by atoms with Gasteiger partial charge in [-0.05, 0) is 38.3 Å². The van der Waals surface area contributed by atoms with E-state index in [1.807, 2.05) is 0 Å². The highest BCUT2D eigenvalue weighted by molar-refractivity contribution is 5.70. The van der Waals surface area contributed by atoms with Crippen LogP contribution in [-0.2, 0) is 16.0 Å². The fourth-order valence-electron chi connectivity index (χ4n) is 1.86. The molecule has 0 radical (unpaired) electrons. The van der Waals surface area contributed by atoms with E-state index in [9.17, 15) is 4.79 Å².